The number of nitrogens with zero attached hydrogens (tertiary/aromatic N) is 3. The Morgan fingerprint density at radius 1 is 1.00 bits per heavy atom. The summed E-state index contributed by atoms with van der Waals surface area (Å²) < 4.78 is 7.07. The average molecular weight is 304 g/mol. The highest BCUT2D eigenvalue weighted by molar-refractivity contribution is 5.77. The smallest absolute Gasteiger partial charge is 0.349 e. The van der Waals surface area contributed by atoms with Gasteiger partial charge in [0.2, 0.25) is 0 Å². The largest absolute Gasteiger partial charge is 0.457 e. The Morgan fingerprint density at radius 3 is 2.70 bits per heavy atom. The molecule has 0 aliphatic carbocycles. The Balaban J connectivity index is 1.76. The second-order valence-electron chi connectivity index (χ2n) is 4.94. The van der Waals surface area contributed by atoms with Gasteiger partial charge in [0.15, 0.2) is 5.65 Å². The Labute approximate surface area is 131 Å². The van der Waals surface area contributed by atoms with Gasteiger partial charge in [0.1, 0.15) is 11.5 Å². The maximum absolute atomic E-state index is 11.7. The van der Waals surface area contributed by atoms with Crippen LogP contribution in [0.4, 0.5) is 0 Å². The van der Waals surface area contributed by atoms with Gasteiger partial charge in [0.05, 0.1) is 12.5 Å². The molecule has 2 heterocycles. The van der Waals surface area contributed by atoms with Gasteiger partial charge in [-0.25, -0.2) is 9.78 Å². The molecule has 0 spiro atoms. The zero-order valence-corrected chi connectivity index (χ0v) is 12.0. The fraction of sp³-hybridized carbons (Fsp3) is 0. The third-order valence-corrected chi connectivity index (χ3v) is 3.44. The maximum Gasteiger partial charge on any atom is 0.349 e. The molecule has 6 heteroatoms. The molecule has 0 amide bonds. The summed E-state index contributed by atoms with van der Waals surface area (Å²) in [6.07, 6.45) is 2.99. The summed E-state index contributed by atoms with van der Waals surface area (Å²) in [6, 6.07) is 17.1. The van der Waals surface area contributed by atoms with E-state index in [0.29, 0.717) is 11.4 Å². The van der Waals surface area contributed by atoms with Crippen LogP contribution in [0.5, 0.6) is 11.5 Å². The van der Waals surface area contributed by atoms with Crippen LogP contribution in [0.3, 0.4) is 0 Å². The van der Waals surface area contributed by atoms with Gasteiger partial charge in [0, 0.05) is 5.56 Å². The molecule has 4 rings (SSSR count). The molecule has 0 bridgehead atoms. The second kappa shape index (κ2) is 5.42. The van der Waals surface area contributed by atoms with Crippen molar-refractivity contribution in [2.24, 2.45) is 0 Å². The van der Waals surface area contributed by atoms with Gasteiger partial charge in [-0.2, -0.15) is 9.61 Å². The van der Waals surface area contributed by atoms with E-state index in [4.69, 9.17) is 4.74 Å². The monoisotopic (exact) mass is 304 g/mol. The van der Waals surface area contributed by atoms with Crippen molar-refractivity contribution in [3.8, 4) is 22.6 Å². The number of benzene rings is 2. The number of hydrogen-bond donors (Lipinski definition) is 1. The lowest BCUT2D eigenvalue weighted by atomic mass is 10.1. The Bertz CT molecular complexity index is 1020. The van der Waals surface area contributed by atoms with Crippen LogP contribution in [0.1, 0.15) is 0 Å². The molecule has 6 nitrogen and oxygen atoms in total. The summed E-state index contributed by atoms with van der Waals surface area (Å²) in [7, 11) is 0. The number of aromatic amines is 1. The highest BCUT2D eigenvalue weighted by Crippen LogP contribution is 2.28. The molecule has 0 radical (unpaired) electrons. The fourth-order valence-electron chi connectivity index (χ4n) is 2.38. The van der Waals surface area contributed by atoms with E-state index >= 15 is 0 Å². The molecular weight excluding hydrogens is 292 g/mol. The number of H-pyrrole nitrogens is 1. The lowest BCUT2D eigenvalue weighted by molar-refractivity contribution is 0.483. The summed E-state index contributed by atoms with van der Waals surface area (Å²) in [5, 5.41) is 4.08. The highest BCUT2D eigenvalue weighted by Gasteiger charge is 2.10. The molecule has 0 unspecified atom stereocenters. The molecule has 0 saturated heterocycles. The normalized spacial score (nSPS) is 10.8. The number of hydrogen-bond acceptors (Lipinski definition) is 4. The van der Waals surface area contributed by atoms with Crippen LogP contribution >= 0.6 is 0 Å². The van der Waals surface area contributed by atoms with Crippen LogP contribution in [0.25, 0.3) is 16.8 Å². The third kappa shape index (κ3) is 2.46. The predicted octanol–water partition coefficient (Wildman–Crippen LogP) is 2.88. The summed E-state index contributed by atoms with van der Waals surface area (Å²) >= 11 is 0. The van der Waals surface area contributed by atoms with E-state index in [-0.39, 0.29) is 5.69 Å². The Hall–Kier alpha value is -3.41. The SMILES string of the molecule is O=c1[nH]cnc2c(-c3cccc(Oc4ccccc4)c3)cnn12. The maximum atomic E-state index is 11.7. The first-order valence-electron chi connectivity index (χ1n) is 7.06. The third-order valence-electron chi connectivity index (χ3n) is 3.44. The van der Waals surface area contributed by atoms with E-state index in [1.165, 1.54) is 10.8 Å². The minimum atomic E-state index is -0.321. The molecule has 2 aromatic carbocycles. The first kappa shape index (κ1) is 13.3. The summed E-state index contributed by atoms with van der Waals surface area (Å²) in [6.45, 7) is 0. The Kier molecular flexibility index (Phi) is 3.12. The zero-order chi connectivity index (χ0) is 15.6. The van der Waals surface area contributed by atoms with Crippen molar-refractivity contribution in [1.82, 2.24) is 19.6 Å². The zero-order valence-electron chi connectivity index (χ0n) is 12.0. The summed E-state index contributed by atoms with van der Waals surface area (Å²) in [5.74, 6) is 1.47. The van der Waals surface area contributed by atoms with Gasteiger partial charge >= 0.3 is 5.69 Å². The van der Waals surface area contributed by atoms with E-state index in [1.807, 2.05) is 54.6 Å². The van der Waals surface area contributed by atoms with Crippen molar-refractivity contribution < 1.29 is 4.74 Å². The van der Waals surface area contributed by atoms with Crippen LogP contribution in [0, 0.1) is 0 Å². The topological polar surface area (TPSA) is 72.3 Å². The molecule has 1 N–H and O–H groups in total. The van der Waals surface area contributed by atoms with Crippen LogP contribution in [-0.2, 0) is 0 Å². The quantitative estimate of drug-likeness (QED) is 0.631. The predicted molar refractivity (Wildman–Crippen MR) is 85.6 cm³/mol. The summed E-state index contributed by atoms with van der Waals surface area (Å²) in [5.41, 5.74) is 1.84. The lowest BCUT2D eigenvalue weighted by Crippen LogP contribution is -2.17. The first-order chi connectivity index (χ1) is 11.3. The van der Waals surface area contributed by atoms with Gasteiger partial charge < -0.3 is 4.74 Å². The number of para-hydroxylation sites is 1. The Morgan fingerprint density at radius 2 is 1.83 bits per heavy atom. The van der Waals surface area contributed by atoms with Crippen LogP contribution in [0.15, 0.2) is 71.9 Å². The summed E-state index contributed by atoms with van der Waals surface area (Å²) in [4.78, 5) is 18.4. The van der Waals surface area contributed by atoms with Gasteiger partial charge in [-0.05, 0) is 29.8 Å². The minimum absolute atomic E-state index is 0.321. The van der Waals surface area contributed by atoms with Crippen molar-refractivity contribution in [2.45, 2.75) is 0 Å². The highest BCUT2D eigenvalue weighted by atomic mass is 16.5. The van der Waals surface area contributed by atoms with Crippen molar-refractivity contribution in [3.05, 3.63) is 77.6 Å². The standard InChI is InChI=1S/C17H12N4O2/c22-17-19-11-18-16-15(10-20-21(16)17)12-5-4-8-14(9-12)23-13-6-2-1-3-7-13/h1-11H,(H,18,19,22). The van der Waals surface area contributed by atoms with Crippen LogP contribution in [0.2, 0.25) is 0 Å². The number of aromatic nitrogens is 4. The van der Waals surface area contributed by atoms with Crippen molar-refractivity contribution in [2.75, 3.05) is 0 Å². The minimum Gasteiger partial charge on any atom is -0.457 e. The van der Waals surface area contributed by atoms with E-state index in [9.17, 15) is 4.79 Å². The fourth-order valence-corrected chi connectivity index (χ4v) is 2.38. The number of rotatable bonds is 3. The molecule has 0 saturated carbocycles. The van der Waals surface area contributed by atoms with Gasteiger partial charge in [0.25, 0.3) is 0 Å². The van der Waals surface area contributed by atoms with Crippen molar-refractivity contribution in [3.63, 3.8) is 0 Å². The molecule has 0 fully saturated rings. The number of ether oxygens (including phenoxy) is 1. The van der Waals surface area contributed by atoms with E-state index in [2.05, 4.69) is 15.1 Å². The second-order valence-corrected chi connectivity index (χ2v) is 4.94. The molecule has 0 aliphatic heterocycles. The van der Waals surface area contributed by atoms with Crippen molar-refractivity contribution in [1.29, 1.82) is 0 Å². The average Bonchev–Trinajstić information content (AvgIpc) is 3.02. The molecule has 0 atom stereocenters. The number of fused-ring (bicyclic) bond motifs is 1. The molecule has 112 valence electrons. The number of nitrogens with one attached hydrogen (secondary N) is 1. The van der Waals surface area contributed by atoms with E-state index in [0.717, 1.165) is 16.9 Å². The lowest BCUT2D eigenvalue weighted by Gasteiger charge is -2.07. The van der Waals surface area contributed by atoms with Crippen LogP contribution in [-0.4, -0.2) is 19.6 Å². The van der Waals surface area contributed by atoms with Gasteiger partial charge in [-0.3, -0.25) is 4.98 Å². The van der Waals surface area contributed by atoms with Crippen LogP contribution < -0.4 is 10.4 Å². The molecular formula is C17H12N4O2. The molecule has 2 aromatic heterocycles. The van der Waals surface area contributed by atoms with E-state index < -0.39 is 0 Å². The van der Waals surface area contributed by atoms with E-state index in [1.54, 1.807) is 6.20 Å². The molecule has 0 aliphatic rings. The van der Waals surface area contributed by atoms with Gasteiger partial charge in [-0.15, -0.1) is 0 Å². The van der Waals surface area contributed by atoms with Crippen molar-refractivity contribution >= 4 is 5.65 Å². The molecule has 4 aromatic rings. The molecule has 23 heavy (non-hydrogen) atoms. The van der Waals surface area contributed by atoms with Gasteiger partial charge in [-0.1, -0.05) is 30.3 Å². The first-order valence-corrected chi connectivity index (χ1v) is 7.06.